The molecule has 0 radical (unpaired) electrons. The molecule has 3 heterocycles. The van der Waals surface area contributed by atoms with Crippen LogP contribution in [0.25, 0.3) is 11.0 Å². The van der Waals surface area contributed by atoms with Crippen molar-refractivity contribution in [3.63, 3.8) is 0 Å². The van der Waals surface area contributed by atoms with Crippen LogP contribution >= 0.6 is 23.4 Å². The average molecular weight is 279 g/mol. The maximum absolute atomic E-state index is 5.79. The molecule has 0 amide bonds. The molecule has 3 N–H and O–H groups in total. The lowest BCUT2D eigenvalue weighted by atomic mass is 10.4. The molecule has 3 aromatic rings. The normalized spacial score (nSPS) is 10.9. The summed E-state index contributed by atoms with van der Waals surface area (Å²) in [6, 6.07) is 3.59. The smallest absolute Gasteiger partial charge is 0.223 e. The molecule has 0 unspecified atom stereocenters. The molecule has 0 aliphatic heterocycles. The van der Waals surface area contributed by atoms with Gasteiger partial charge in [0.25, 0.3) is 0 Å². The zero-order valence-corrected chi connectivity index (χ0v) is 10.5. The summed E-state index contributed by atoms with van der Waals surface area (Å²) in [5.41, 5.74) is 6.25. The summed E-state index contributed by atoms with van der Waals surface area (Å²) in [6.07, 6.45) is 3.24. The number of rotatable bonds is 2. The Morgan fingerprint density at radius 2 is 2.11 bits per heavy atom. The van der Waals surface area contributed by atoms with E-state index in [4.69, 9.17) is 17.3 Å². The fourth-order valence-electron chi connectivity index (χ4n) is 1.42. The molecule has 3 rings (SSSR count). The summed E-state index contributed by atoms with van der Waals surface area (Å²) in [6.45, 7) is 0. The number of hydrogen-bond acceptors (Lipinski definition) is 6. The van der Waals surface area contributed by atoms with Crippen molar-refractivity contribution >= 4 is 40.3 Å². The number of nitrogens with one attached hydrogen (secondary N) is 1. The Balaban J connectivity index is 2.03. The monoisotopic (exact) mass is 278 g/mol. The highest BCUT2D eigenvalue weighted by Gasteiger charge is 2.10. The van der Waals surface area contributed by atoms with Gasteiger partial charge in [-0.25, -0.2) is 9.97 Å². The average Bonchev–Trinajstić information content (AvgIpc) is 2.80. The van der Waals surface area contributed by atoms with Crippen LogP contribution in [0.1, 0.15) is 0 Å². The molecule has 90 valence electrons. The first-order valence-electron chi connectivity index (χ1n) is 4.98. The van der Waals surface area contributed by atoms with E-state index in [0.29, 0.717) is 15.7 Å². The summed E-state index contributed by atoms with van der Waals surface area (Å²) in [7, 11) is 0. The van der Waals surface area contributed by atoms with Gasteiger partial charge in [-0.1, -0.05) is 11.6 Å². The van der Waals surface area contributed by atoms with Gasteiger partial charge in [0.05, 0.1) is 16.6 Å². The number of aromatic nitrogens is 5. The van der Waals surface area contributed by atoms with E-state index >= 15 is 0 Å². The highest BCUT2D eigenvalue weighted by Crippen LogP contribution is 2.30. The quantitative estimate of drug-likeness (QED) is 0.698. The molecule has 3 aromatic heterocycles. The Hall–Kier alpha value is -1.86. The number of pyridine rings is 1. The van der Waals surface area contributed by atoms with E-state index in [2.05, 4.69) is 25.1 Å². The molecule has 0 fully saturated rings. The first-order valence-corrected chi connectivity index (χ1v) is 6.18. The summed E-state index contributed by atoms with van der Waals surface area (Å²) < 4.78 is 0. The fraction of sp³-hybridized carbons (Fsp3) is 0. The van der Waals surface area contributed by atoms with Gasteiger partial charge in [-0.15, -0.1) is 0 Å². The van der Waals surface area contributed by atoms with E-state index in [9.17, 15) is 0 Å². The Morgan fingerprint density at radius 3 is 2.89 bits per heavy atom. The van der Waals surface area contributed by atoms with Crippen molar-refractivity contribution in [1.29, 1.82) is 0 Å². The Morgan fingerprint density at radius 1 is 1.22 bits per heavy atom. The standard InChI is InChI=1S/C10H7ClN6S/c11-5-1-2-7(13-3-5)18-9-6-4-14-17-8(6)15-10(12)16-9/h1-4H,(H3,12,14,15,16,17). The number of hydrogen-bond donors (Lipinski definition) is 2. The third-order valence-corrected chi connectivity index (χ3v) is 3.37. The van der Waals surface area contributed by atoms with Crippen LogP contribution in [0.4, 0.5) is 5.95 Å². The number of aromatic amines is 1. The van der Waals surface area contributed by atoms with Gasteiger partial charge in [-0.3, -0.25) is 5.10 Å². The lowest BCUT2D eigenvalue weighted by Crippen LogP contribution is -1.96. The second kappa shape index (κ2) is 4.43. The summed E-state index contributed by atoms with van der Waals surface area (Å²) in [4.78, 5) is 12.4. The minimum absolute atomic E-state index is 0.197. The van der Waals surface area contributed by atoms with Gasteiger partial charge in [0, 0.05) is 6.20 Å². The number of fused-ring (bicyclic) bond motifs is 1. The predicted molar refractivity (Wildman–Crippen MR) is 69.5 cm³/mol. The number of nitrogens with two attached hydrogens (primary N) is 1. The highest BCUT2D eigenvalue weighted by atomic mass is 35.5. The van der Waals surface area contributed by atoms with Crippen LogP contribution in [0.15, 0.2) is 34.6 Å². The first-order chi connectivity index (χ1) is 8.72. The van der Waals surface area contributed by atoms with Crippen LogP contribution in [0.5, 0.6) is 0 Å². The third kappa shape index (κ3) is 2.09. The minimum atomic E-state index is 0.197. The first kappa shape index (κ1) is 11.2. The van der Waals surface area contributed by atoms with Crippen LogP contribution in [-0.4, -0.2) is 25.1 Å². The molecule has 18 heavy (non-hydrogen) atoms. The Labute approximate surface area is 111 Å². The maximum atomic E-state index is 5.79. The molecule has 0 aromatic carbocycles. The van der Waals surface area contributed by atoms with Gasteiger partial charge in [0.15, 0.2) is 5.65 Å². The molecule has 0 aliphatic carbocycles. The van der Waals surface area contributed by atoms with Crippen molar-refractivity contribution < 1.29 is 0 Å². The van der Waals surface area contributed by atoms with Gasteiger partial charge in [-0.05, 0) is 23.9 Å². The predicted octanol–water partition coefficient (Wildman–Crippen LogP) is 2.13. The zero-order chi connectivity index (χ0) is 12.5. The topological polar surface area (TPSA) is 93.4 Å². The van der Waals surface area contributed by atoms with Crippen LogP contribution in [0.3, 0.4) is 0 Å². The van der Waals surface area contributed by atoms with Crippen molar-refractivity contribution in [3.05, 3.63) is 29.5 Å². The highest BCUT2D eigenvalue weighted by molar-refractivity contribution is 7.99. The Kier molecular flexibility index (Phi) is 2.77. The Bertz CT molecular complexity index is 695. The van der Waals surface area contributed by atoms with Gasteiger partial charge in [0.2, 0.25) is 5.95 Å². The van der Waals surface area contributed by atoms with E-state index in [0.717, 1.165) is 10.4 Å². The molecule has 0 spiro atoms. The number of anilines is 1. The minimum Gasteiger partial charge on any atom is -0.368 e. The van der Waals surface area contributed by atoms with Crippen molar-refractivity contribution in [2.75, 3.05) is 5.73 Å². The van der Waals surface area contributed by atoms with Crippen LogP contribution in [0, 0.1) is 0 Å². The van der Waals surface area contributed by atoms with Gasteiger partial charge in [0.1, 0.15) is 10.1 Å². The lowest BCUT2D eigenvalue weighted by molar-refractivity contribution is 1.07. The van der Waals surface area contributed by atoms with Gasteiger partial charge >= 0.3 is 0 Å². The molecular weight excluding hydrogens is 272 g/mol. The molecular formula is C10H7ClN6S. The van der Waals surface area contributed by atoms with Gasteiger partial charge < -0.3 is 5.73 Å². The third-order valence-electron chi connectivity index (χ3n) is 2.19. The number of nitrogen functional groups attached to an aromatic ring is 1. The van der Waals surface area contributed by atoms with Crippen molar-refractivity contribution in [2.45, 2.75) is 10.1 Å². The van der Waals surface area contributed by atoms with E-state index in [1.165, 1.54) is 11.8 Å². The van der Waals surface area contributed by atoms with E-state index in [1.54, 1.807) is 18.5 Å². The second-order valence-corrected chi connectivity index (χ2v) is 4.88. The summed E-state index contributed by atoms with van der Waals surface area (Å²) in [5, 5.41) is 9.57. The van der Waals surface area contributed by atoms with Crippen molar-refractivity contribution in [2.24, 2.45) is 0 Å². The second-order valence-electron chi connectivity index (χ2n) is 3.44. The largest absolute Gasteiger partial charge is 0.368 e. The molecule has 0 saturated carbocycles. The zero-order valence-electron chi connectivity index (χ0n) is 8.96. The molecule has 0 bridgehead atoms. The SMILES string of the molecule is Nc1nc(Sc2ccc(Cl)cn2)c2cn[nH]c2n1. The van der Waals surface area contributed by atoms with E-state index in [1.807, 2.05) is 6.07 Å². The molecule has 0 aliphatic rings. The fourth-order valence-corrected chi connectivity index (χ4v) is 2.37. The van der Waals surface area contributed by atoms with Crippen LogP contribution < -0.4 is 5.73 Å². The van der Waals surface area contributed by atoms with E-state index in [-0.39, 0.29) is 5.95 Å². The van der Waals surface area contributed by atoms with Crippen molar-refractivity contribution in [1.82, 2.24) is 25.1 Å². The van der Waals surface area contributed by atoms with Crippen LogP contribution in [0.2, 0.25) is 5.02 Å². The molecule has 0 atom stereocenters. The van der Waals surface area contributed by atoms with Gasteiger partial charge in [-0.2, -0.15) is 10.1 Å². The number of nitrogens with zero attached hydrogens (tertiary/aromatic N) is 4. The maximum Gasteiger partial charge on any atom is 0.223 e. The number of halogens is 1. The molecule has 0 saturated heterocycles. The molecule has 6 nitrogen and oxygen atoms in total. The van der Waals surface area contributed by atoms with E-state index < -0.39 is 0 Å². The van der Waals surface area contributed by atoms with Crippen molar-refractivity contribution in [3.8, 4) is 0 Å². The number of H-pyrrole nitrogens is 1. The lowest BCUT2D eigenvalue weighted by Gasteiger charge is -2.02. The summed E-state index contributed by atoms with van der Waals surface area (Å²) >= 11 is 7.17. The summed E-state index contributed by atoms with van der Waals surface area (Å²) in [5.74, 6) is 0.197. The van der Waals surface area contributed by atoms with Crippen LogP contribution in [-0.2, 0) is 0 Å². The molecule has 8 heteroatoms.